The van der Waals surface area contributed by atoms with E-state index in [0.717, 1.165) is 10.4 Å². The summed E-state index contributed by atoms with van der Waals surface area (Å²) in [5.74, 6) is -0.614. The number of hydrogen-bond acceptors (Lipinski definition) is 3. The predicted molar refractivity (Wildman–Crippen MR) is 102 cm³/mol. The Morgan fingerprint density at radius 3 is 1.72 bits per heavy atom. The Labute approximate surface area is 150 Å². The van der Waals surface area contributed by atoms with Crippen LogP contribution in [0.2, 0.25) is 5.04 Å². The van der Waals surface area contributed by atoms with Gasteiger partial charge in [0.15, 0.2) is 8.07 Å². The van der Waals surface area contributed by atoms with Crippen molar-refractivity contribution in [3.8, 4) is 0 Å². The van der Waals surface area contributed by atoms with E-state index in [1.165, 1.54) is 7.11 Å². The fourth-order valence-corrected chi connectivity index (χ4v) is 9.04. The summed E-state index contributed by atoms with van der Waals surface area (Å²) in [4.78, 5) is 17.5. The van der Waals surface area contributed by atoms with Crippen LogP contribution < -0.4 is 10.4 Å². The smallest absolute Gasteiger partial charge is 0.265 e. The molecule has 0 spiro atoms. The highest BCUT2D eigenvalue weighted by Crippen LogP contribution is 2.40. The Morgan fingerprint density at radius 1 is 1.00 bits per heavy atom. The Kier molecular flexibility index (Phi) is 5.62. The Bertz CT molecular complexity index is 699. The average molecular weight is 356 g/mol. The zero-order chi connectivity index (χ0) is 18.7. The quantitative estimate of drug-likeness (QED) is 0.388. The van der Waals surface area contributed by atoms with Gasteiger partial charge in [0.2, 0.25) is 0 Å². The van der Waals surface area contributed by atoms with Gasteiger partial charge in [-0.3, -0.25) is 10.0 Å². The lowest BCUT2D eigenvalue weighted by molar-refractivity contribution is -0.298. The van der Waals surface area contributed by atoms with Crippen LogP contribution in [0.4, 0.5) is 0 Å². The molecule has 0 aliphatic carbocycles. The van der Waals surface area contributed by atoms with Crippen molar-refractivity contribution in [1.82, 2.24) is 5.23 Å². The molecule has 0 aliphatic rings. The minimum Gasteiger partial charge on any atom is -0.265 e. The molecule has 0 aliphatic heterocycles. The molecule has 0 saturated carbocycles. The fraction of sp³-hybridized carbons (Fsp3) is 0.250. The lowest BCUT2D eigenvalue weighted by atomic mass is 10.2. The highest BCUT2D eigenvalue weighted by Gasteiger charge is 2.52. The van der Waals surface area contributed by atoms with Crippen LogP contribution in [0, 0.1) is 0 Å². The summed E-state index contributed by atoms with van der Waals surface area (Å²) in [5, 5.41) is 12.4. The molecule has 132 valence electrons. The van der Waals surface area contributed by atoms with E-state index >= 15 is 0 Å². The largest absolute Gasteiger partial charge is 0.296 e. The van der Waals surface area contributed by atoms with Crippen molar-refractivity contribution in [3.63, 3.8) is 0 Å². The molecule has 0 atom stereocenters. The molecule has 1 amide bonds. The van der Waals surface area contributed by atoms with Gasteiger partial charge >= 0.3 is 0 Å². The molecule has 0 aromatic heterocycles. The van der Waals surface area contributed by atoms with Crippen LogP contribution >= 0.6 is 0 Å². The molecule has 0 saturated heterocycles. The summed E-state index contributed by atoms with van der Waals surface area (Å²) in [6.07, 6.45) is 0. The normalized spacial score (nSPS) is 11.9. The third-order valence-electron chi connectivity index (χ3n) is 4.60. The summed E-state index contributed by atoms with van der Waals surface area (Å²) in [7, 11) is -1.57. The van der Waals surface area contributed by atoms with Crippen LogP contribution in [0.5, 0.6) is 0 Å². The molecule has 5 heteroatoms. The second-order valence-corrected chi connectivity index (χ2v) is 11.7. The van der Waals surface area contributed by atoms with Crippen LogP contribution in [0.15, 0.2) is 72.4 Å². The summed E-state index contributed by atoms with van der Waals surface area (Å²) in [6, 6.07) is 19.9. The number of amides is 1. The van der Waals surface area contributed by atoms with E-state index in [1.807, 2.05) is 60.7 Å². The zero-order valence-electron chi connectivity index (χ0n) is 15.2. The first-order chi connectivity index (χ1) is 11.8. The van der Waals surface area contributed by atoms with Crippen molar-refractivity contribution in [2.24, 2.45) is 0 Å². The highest BCUT2D eigenvalue weighted by atomic mass is 28.3. The Balaban J connectivity index is 2.82. The van der Waals surface area contributed by atoms with Crippen molar-refractivity contribution in [2.75, 3.05) is 7.11 Å². The van der Waals surface area contributed by atoms with Crippen LogP contribution in [-0.2, 0) is 9.63 Å². The lowest BCUT2D eigenvalue weighted by Crippen LogP contribution is -2.67. The van der Waals surface area contributed by atoms with Crippen molar-refractivity contribution in [1.29, 1.82) is 0 Å². The number of hydroxylamine groups is 2. The van der Waals surface area contributed by atoms with E-state index in [9.17, 15) is 10.0 Å². The topological polar surface area (TPSA) is 49.8 Å². The van der Waals surface area contributed by atoms with Gasteiger partial charge in [-0.1, -0.05) is 93.2 Å². The van der Waals surface area contributed by atoms with E-state index in [0.29, 0.717) is 5.20 Å². The second kappa shape index (κ2) is 7.35. The molecule has 0 radical (unpaired) electrons. The van der Waals surface area contributed by atoms with Crippen molar-refractivity contribution in [3.05, 3.63) is 72.4 Å². The first-order valence-corrected chi connectivity index (χ1v) is 10.1. The van der Waals surface area contributed by atoms with E-state index in [1.54, 1.807) is 0 Å². The highest BCUT2D eigenvalue weighted by molar-refractivity contribution is 7.11. The van der Waals surface area contributed by atoms with E-state index in [-0.39, 0.29) is 10.3 Å². The van der Waals surface area contributed by atoms with Crippen LogP contribution in [0.1, 0.15) is 20.8 Å². The Morgan fingerprint density at radius 2 is 1.40 bits per heavy atom. The molecule has 0 heterocycles. The van der Waals surface area contributed by atoms with Crippen LogP contribution in [0.25, 0.3) is 0 Å². The van der Waals surface area contributed by atoms with Gasteiger partial charge in [-0.05, 0) is 15.4 Å². The standard InChI is InChI=1S/C20H25NO3Si/c1-16(19(22)21(23)24-5)25(20(2,3)4,17-12-8-6-9-13-17)18-14-10-7-11-15-18/h6-15,23H,1H2,2-5H3. The van der Waals surface area contributed by atoms with Crippen LogP contribution in [0.3, 0.4) is 0 Å². The SMILES string of the molecule is C=C(C(=O)N(O)OC)[Si](c1ccccc1)(c1ccccc1)C(C)(C)C. The number of carbonyl (C=O) groups is 1. The van der Waals surface area contributed by atoms with Gasteiger partial charge in [0.05, 0.1) is 7.11 Å². The summed E-state index contributed by atoms with van der Waals surface area (Å²) >= 11 is 0. The van der Waals surface area contributed by atoms with Gasteiger partial charge in [0, 0.05) is 5.20 Å². The number of hydrogen-bond donors (Lipinski definition) is 1. The number of benzene rings is 2. The lowest BCUT2D eigenvalue weighted by Gasteiger charge is -2.45. The summed E-state index contributed by atoms with van der Waals surface area (Å²) < 4.78 is 0. The summed E-state index contributed by atoms with van der Waals surface area (Å²) in [6.45, 7) is 10.5. The van der Waals surface area contributed by atoms with Gasteiger partial charge in [-0.15, -0.1) is 0 Å². The van der Waals surface area contributed by atoms with E-state index in [4.69, 9.17) is 4.84 Å². The van der Waals surface area contributed by atoms with Gasteiger partial charge < -0.3 is 0 Å². The van der Waals surface area contributed by atoms with Crippen molar-refractivity contribution >= 4 is 24.4 Å². The molecule has 2 aromatic carbocycles. The number of rotatable bonds is 5. The Hall–Kier alpha value is -2.21. The van der Waals surface area contributed by atoms with Gasteiger partial charge in [-0.2, -0.15) is 0 Å². The molecular formula is C20H25NO3Si. The average Bonchev–Trinajstić information content (AvgIpc) is 2.61. The molecule has 4 nitrogen and oxygen atoms in total. The maximum atomic E-state index is 12.8. The molecule has 0 unspecified atom stereocenters. The fourth-order valence-electron chi connectivity index (χ4n) is 3.57. The zero-order valence-corrected chi connectivity index (χ0v) is 16.2. The van der Waals surface area contributed by atoms with Crippen molar-refractivity contribution in [2.45, 2.75) is 25.8 Å². The minimum absolute atomic E-state index is 0.266. The summed E-state index contributed by atoms with van der Waals surface area (Å²) in [5.41, 5.74) is 0. The molecule has 25 heavy (non-hydrogen) atoms. The molecule has 1 N–H and O–H groups in total. The monoisotopic (exact) mass is 355 g/mol. The number of carbonyl (C=O) groups excluding carboxylic acids is 1. The van der Waals surface area contributed by atoms with Gasteiger partial charge in [-0.25, -0.2) is 4.84 Å². The first kappa shape index (κ1) is 19.1. The molecule has 0 bridgehead atoms. The maximum Gasteiger partial charge on any atom is 0.296 e. The minimum atomic E-state index is -2.82. The maximum absolute atomic E-state index is 12.8. The van der Waals surface area contributed by atoms with Gasteiger partial charge in [0.1, 0.15) is 0 Å². The third kappa shape index (κ3) is 3.31. The molecule has 2 rings (SSSR count). The van der Waals surface area contributed by atoms with Gasteiger partial charge in [0.25, 0.3) is 5.91 Å². The molecule has 0 fully saturated rings. The first-order valence-electron chi connectivity index (χ1n) is 8.14. The third-order valence-corrected chi connectivity index (χ3v) is 10.4. The predicted octanol–water partition coefficient (Wildman–Crippen LogP) is 2.92. The van der Waals surface area contributed by atoms with Crippen molar-refractivity contribution < 1.29 is 14.8 Å². The molecular weight excluding hydrogens is 330 g/mol. The molecule has 2 aromatic rings. The van der Waals surface area contributed by atoms with Crippen LogP contribution in [-0.4, -0.2) is 31.5 Å². The number of nitrogens with zero attached hydrogens (tertiary/aromatic N) is 1. The van der Waals surface area contributed by atoms with E-state index in [2.05, 4.69) is 27.4 Å². The second-order valence-electron chi connectivity index (χ2n) is 6.97. The van der Waals surface area contributed by atoms with E-state index < -0.39 is 14.0 Å².